The maximum Gasteiger partial charge on any atom is 0.425 e. The molecule has 17 heavy (non-hydrogen) atoms. The van der Waals surface area contributed by atoms with Crippen molar-refractivity contribution in [3.8, 4) is 5.75 Å². The summed E-state index contributed by atoms with van der Waals surface area (Å²) in [7, 11) is 1.32. The van der Waals surface area contributed by atoms with Crippen molar-refractivity contribution in [1.29, 1.82) is 0 Å². The number of hydrogen-bond acceptors (Lipinski definition) is 4. The molecule has 1 aromatic rings. The fourth-order valence-corrected chi connectivity index (χ4v) is 1.95. The summed E-state index contributed by atoms with van der Waals surface area (Å²) in [5.41, 5.74) is 8.28. The number of fused-ring (bicyclic) bond motifs is 1. The largest absolute Gasteiger partial charge is 0.488 e. The van der Waals surface area contributed by atoms with Gasteiger partial charge in [0.1, 0.15) is 11.9 Å². The zero-order valence-corrected chi connectivity index (χ0v) is 10.2. The van der Waals surface area contributed by atoms with E-state index in [-0.39, 0.29) is 6.10 Å². The highest BCUT2D eigenvalue weighted by molar-refractivity contribution is 5.71. The summed E-state index contributed by atoms with van der Waals surface area (Å²) in [6.45, 7) is 4.03. The maximum atomic E-state index is 11.0. The van der Waals surface area contributed by atoms with Crippen LogP contribution < -0.4 is 15.6 Å². The van der Waals surface area contributed by atoms with Crippen LogP contribution >= 0.6 is 0 Å². The Kier molecular flexibility index (Phi) is 3.08. The lowest BCUT2D eigenvalue weighted by molar-refractivity contribution is 0.173. The molecule has 1 atom stereocenters. The molecule has 1 aliphatic heterocycles. The van der Waals surface area contributed by atoms with Crippen molar-refractivity contribution in [3.63, 3.8) is 0 Å². The maximum absolute atomic E-state index is 11.0. The summed E-state index contributed by atoms with van der Waals surface area (Å²) < 4.78 is 10.2. The highest BCUT2D eigenvalue weighted by Gasteiger charge is 2.22. The summed E-state index contributed by atoms with van der Waals surface area (Å²) in [5.74, 6) is 0.805. The van der Waals surface area contributed by atoms with Crippen molar-refractivity contribution in [2.45, 2.75) is 26.4 Å². The molecule has 0 aromatic heterocycles. The van der Waals surface area contributed by atoms with Crippen molar-refractivity contribution >= 4 is 11.8 Å². The topological polar surface area (TPSA) is 59.6 Å². The van der Waals surface area contributed by atoms with Gasteiger partial charge in [-0.05, 0) is 25.5 Å². The lowest BCUT2D eigenvalue weighted by Gasteiger charge is -2.12. The monoisotopic (exact) mass is 236 g/mol. The van der Waals surface area contributed by atoms with Gasteiger partial charge >= 0.3 is 6.09 Å². The number of hydrazine groups is 1. The predicted molar refractivity (Wildman–Crippen MR) is 64.1 cm³/mol. The number of benzene rings is 1. The number of carbonyl (C=O) groups excluding carboxylic acids is 1. The van der Waals surface area contributed by atoms with Crippen LogP contribution in [0.5, 0.6) is 5.75 Å². The van der Waals surface area contributed by atoms with Crippen LogP contribution in [-0.4, -0.2) is 19.3 Å². The third kappa shape index (κ3) is 2.43. The highest BCUT2D eigenvalue weighted by atomic mass is 16.5. The molecular weight excluding hydrogens is 220 g/mol. The second kappa shape index (κ2) is 4.53. The summed E-state index contributed by atoms with van der Waals surface area (Å²) in [4.78, 5) is 11.0. The third-order valence-electron chi connectivity index (χ3n) is 2.62. The van der Waals surface area contributed by atoms with E-state index in [1.165, 1.54) is 7.11 Å². The molecule has 1 aliphatic rings. The standard InChI is InChI=1S/C12H16N2O3/c1-7-4-9-6-8(2)17-11(9)10(5-7)13-14-12(15)16-3/h4-5,8,13H,6H2,1-3H3,(H,14,15). The third-order valence-corrected chi connectivity index (χ3v) is 2.62. The first kappa shape index (κ1) is 11.6. The highest BCUT2D eigenvalue weighted by Crippen LogP contribution is 2.36. The first-order valence-corrected chi connectivity index (χ1v) is 5.50. The number of rotatable bonds is 2. The van der Waals surface area contributed by atoms with Crippen molar-refractivity contribution in [2.24, 2.45) is 0 Å². The van der Waals surface area contributed by atoms with Crippen molar-refractivity contribution in [3.05, 3.63) is 23.3 Å². The Morgan fingerprint density at radius 1 is 1.53 bits per heavy atom. The molecule has 2 N–H and O–H groups in total. The van der Waals surface area contributed by atoms with Gasteiger partial charge in [-0.3, -0.25) is 5.43 Å². The Balaban J connectivity index is 2.20. The number of hydrogen-bond donors (Lipinski definition) is 2. The molecule has 1 unspecified atom stereocenters. The molecule has 92 valence electrons. The summed E-state index contributed by atoms with van der Waals surface area (Å²) >= 11 is 0. The molecule has 0 saturated heterocycles. The number of aryl methyl sites for hydroxylation is 1. The van der Waals surface area contributed by atoms with E-state index in [9.17, 15) is 4.79 Å². The lowest BCUT2D eigenvalue weighted by atomic mass is 10.1. The number of methoxy groups -OCH3 is 1. The predicted octanol–water partition coefficient (Wildman–Crippen LogP) is 2.00. The van der Waals surface area contributed by atoms with Crippen molar-refractivity contribution in [1.82, 2.24) is 5.43 Å². The molecule has 1 heterocycles. The van der Waals surface area contributed by atoms with Crippen LogP contribution in [0, 0.1) is 6.92 Å². The second-order valence-corrected chi connectivity index (χ2v) is 4.17. The van der Waals surface area contributed by atoms with Gasteiger partial charge in [0.15, 0.2) is 0 Å². The van der Waals surface area contributed by atoms with Crippen LogP contribution in [0.15, 0.2) is 12.1 Å². The van der Waals surface area contributed by atoms with Crippen LogP contribution in [0.25, 0.3) is 0 Å². The Morgan fingerprint density at radius 2 is 2.29 bits per heavy atom. The molecule has 0 fully saturated rings. The van der Waals surface area contributed by atoms with E-state index in [0.29, 0.717) is 0 Å². The molecule has 0 aliphatic carbocycles. The van der Waals surface area contributed by atoms with Crippen LogP contribution in [0.3, 0.4) is 0 Å². The minimum Gasteiger partial charge on any atom is -0.488 e. The van der Waals surface area contributed by atoms with Gasteiger partial charge in [0.25, 0.3) is 0 Å². The van der Waals surface area contributed by atoms with E-state index < -0.39 is 6.09 Å². The molecule has 5 nitrogen and oxygen atoms in total. The molecule has 0 saturated carbocycles. The van der Waals surface area contributed by atoms with Crippen LogP contribution in [-0.2, 0) is 11.2 Å². The van der Waals surface area contributed by atoms with Gasteiger partial charge in [-0.2, -0.15) is 0 Å². The van der Waals surface area contributed by atoms with Gasteiger partial charge in [-0.25, -0.2) is 10.2 Å². The summed E-state index contributed by atoms with van der Waals surface area (Å²) in [6.07, 6.45) is 0.529. The van der Waals surface area contributed by atoms with E-state index in [2.05, 4.69) is 21.7 Å². The molecule has 0 spiro atoms. The van der Waals surface area contributed by atoms with E-state index in [1.54, 1.807) is 0 Å². The van der Waals surface area contributed by atoms with Gasteiger partial charge in [0.2, 0.25) is 0 Å². The zero-order chi connectivity index (χ0) is 12.4. The zero-order valence-electron chi connectivity index (χ0n) is 10.2. The number of nitrogens with one attached hydrogen (secondary N) is 2. The molecule has 0 bridgehead atoms. The van der Waals surface area contributed by atoms with Gasteiger partial charge in [0.05, 0.1) is 12.8 Å². The number of carbonyl (C=O) groups is 1. The molecular formula is C12H16N2O3. The van der Waals surface area contributed by atoms with Gasteiger partial charge in [0, 0.05) is 12.0 Å². The van der Waals surface area contributed by atoms with E-state index in [1.807, 2.05) is 19.9 Å². The van der Waals surface area contributed by atoms with Crippen LogP contribution in [0.1, 0.15) is 18.1 Å². The van der Waals surface area contributed by atoms with Gasteiger partial charge < -0.3 is 9.47 Å². The minimum atomic E-state index is -0.536. The molecule has 1 aromatic carbocycles. The molecule has 1 amide bonds. The Hall–Kier alpha value is -1.91. The van der Waals surface area contributed by atoms with Crippen molar-refractivity contribution < 1.29 is 14.3 Å². The smallest absolute Gasteiger partial charge is 0.425 e. The van der Waals surface area contributed by atoms with E-state index in [0.717, 1.165) is 29.0 Å². The normalized spacial score (nSPS) is 17.0. The minimum absolute atomic E-state index is 0.172. The molecule has 5 heteroatoms. The molecule has 2 rings (SSSR count). The van der Waals surface area contributed by atoms with Crippen LogP contribution in [0.2, 0.25) is 0 Å². The van der Waals surface area contributed by atoms with Crippen molar-refractivity contribution in [2.75, 3.05) is 12.5 Å². The molecule has 0 radical (unpaired) electrons. The van der Waals surface area contributed by atoms with E-state index >= 15 is 0 Å². The van der Waals surface area contributed by atoms with Gasteiger partial charge in [-0.1, -0.05) is 6.07 Å². The second-order valence-electron chi connectivity index (χ2n) is 4.17. The van der Waals surface area contributed by atoms with Gasteiger partial charge in [-0.15, -0.1) is 0 Å². The SMILES string of the molecule is COC(=O)NNc1cc(C)cc2c1OC(C)C2. The Morgan fingerprint density at radius 3 is 3.00 bits per heavy atom. The fourth-order valence-electron chi connectivity index (χ4n) is 1.95. The quantitative estimate of drug-likeness (QED) is 0.771. The number of anilines is 1. The number of ether oxygens (including phenoxy) is 2. The fraction of sp³-hybridized carbons (Fsp3) is 0.417. The average Bonchev–Trinajstić information content (AvgIpc) is 2.65. The first-order valence-electron chi connectivity index (χ1n) is 5.50. The lowest BCUT2D eigenvalue weighted by Crippen LogP contribution is -2.29. The van der Waals surface area contributed by atoms with Crippen LogP contribution in [0.4, 0.5) is 10.5 Å². The summed E-state index contributed by atoms with van der Waals surface area (Å²) in [5, 5.41) is 0. The summed E-state index contributed by atoms with van der Waals surface area (Å²) in [6, 6.07) is 4.02. The average molecular weight is 236 g/mol. The van der Waals surface area contributed by atoms with E-state index in [4.69, 9.17) is 4.74 Å². The number of amides is 1. The Bertz CT molecular complexity index is 446. The Labute approximate surface area is 100 Å². The first-order chi connectivity index (χ1) is 8.10.